The normalized spacial score (nSPS) is 11.0. The van der Waals surface area contributed by atoms with Gasteiger partial charge >= 0.3 is 5.97 Å². The van der Waals surface area contributed by atoms with Crippen LogP contribution in [0.3, 0.4) is 0 Å². The van der Waals surface area contributed by atoms with Crippen LogP contribution in [0.1, 0.15) is 43.2 Å². The summed E-state index contributed by atoms with van der Waals surface area (Å²) >= 11 is 4.39. The molecule has 0 fully saturated rings. The zero-order valence-electron chi connectivity index (χ0n) is 20.0. The summed E-state index contributed by atoms with van der Waals surface area (Å²) in [5.74, 6) is -0.513. The Balaban J connectivity index is 1.37. The first-order chi connectivity index (χ1) is 17.7. The molecule has 1 aromatic heterocycles. The van der Waals surface area contributed by atoms with Crippen LogP contribution in [0.4, 0.5) is 0 Å². The molecule has 0 aliphatic rings. The highest BCUT2D eigenvalue weighted by molar-refractivity contribution is 14.1. The minimum Gasteiger partial charge on any atom is -0.487 e. The zero-order chi connectivity index (χ0) is 26.5. The van der Waals surface area contributed by atoms with Crippen LogP contribution in [0.2, 0.25) is 0 Å². The second-order valence-corrected chi connectivity index (χ2v) is 10.6. The van der Waals surface area contributed by atoms with E-state index < -0.39 is 5.97 Å². The summed E-state index contributed by atoms with van der Waals surface area (Å²) in [6.07, 6.45) is 1.59. The number of hydrazone groups is 1. The lowest BCUT2D eigenvalue weighted by Crippen LogP contribution is -2.17. The predicted octanol–water partition coefficient (Wildman–Crippen LogP) is 6.34. The lowest BCUT2D eigenvalue weighted by atomic mass is 10.1. The van der Waals surface area contributed by atoms with Crippen molar-refractivity contribution < 1.29 is 19.4 Å². The third-order valence-electron chi connectivity index (χ3n) is 5.64. The van der Waals surface area contributed by atoms with Crippen molar-refractivity contribution in [2.75, 3.05) is 0 Å². The van der Waals surface area contributed by atoms with Gasteiger partial charge in [0.1, 0.15) is 12.4 Å². The lowest BCUT2D eigenvalue weighted by molar-refractivity contribution is 0.0696. The SMILES string of the molecule is Cc1ccc(C)n1-c1ccc(C(=O)N/N=C\c2cc(I)c(OCc3ccc(C(=O)O)cc3)c(I)c2)cc1. The first-order valence-electron chi connectivity index (χ1n) is 11.3. The van der Waals surface area contributed by atoms with Gasteiger partial charge in [-0.25, -0.2) is 10.2 Å². The van der Waals surface area contributed by atoms with Crippen LogP contribution in [0.25, 0.3) is 5.69 Å². The highest BCUT2D eigenvalue weighted by atomic mass is 127. The number of aromatic carboxylic acids is 1. The molecule has 0 spiro atoms. The lowest BCUT2D eigenvalue weighted by Gasteiger charge is -2.12. The Hall–Kier alpha value is -3.19. The summed E-state index contributed by atoms with van der Waals surface area (Å²) in [7, 11) is 0. The molecule has 0 radical (unpaired) electrons. The van der Waals surface area contributed by atoms with Crippen LogP contribution in [-0.2, 0) is 6.61 Å². The fourth-order valence-electron chi connectivity index (χ4n) is 3.76. The van der Waals surface area contributed by atoms with Crippen molar-refractivity contribution in [3.63, 3.8) is 0 Å². The number of rotatable bonds is 8. The molecule has 7 nitrogen and oxygen atoms in total. The van der Waals surface area contributed by atoms with Crippen LogP contribution in [-0.4, -0.2) is 27.8 Å². The van der Waals surface area contributed by atoms with Gasteiger partial charge in [0.25, 0.3) is 5.91 Å². The van der Waals surface area contributed by atoms with Crippen LogP contribution in [0.15, 0.2) is 77.9 Å². The van der Waals surface area contributed by atoms with Crippen LogP contribution < -0.4 is 10.2 Å². The first kappa shape index (κ1) is 26.9. The average molecular weight is 719 g/mol. The van der Waals surface area contributed by atoms with Gasteiger partial charge in [0, 0.05) is 22.6 Å². The Labute approximate surface area is 241 Å². The van der Waals surface area contributed by atoms with Gasteiger partial charge in [-0.05, 0) is 131 Å². The summed E-state index contributed by atoms with van der Waals surface area (Å²) in [5.41, 5.74) is 8.31. The molecule has 0 bridgehead atoms. The molecule has 0 aliphatic carbocycles. The number of aryl methyl sites for hydroxylation is 2. The fraction of sp³-hybridized carbons (Fsp3) is 0.107. The smallest absolute Gasteiger partial charge is 0.335 e. The molecule has 3 aromatic carbocycles. The third-order valence-corrected chi connectivity index (χ3v) is 7.25. The maximum absolute atomic E-state index is 12.5. The van der Waals surface area contributed by atoms with Crippen LogP contribution in [0, 0.1) is 21.0 Å². The number of amides is 1. The Bertz CT molecular complexity index is 1430. The van der Waals surface area contributed by atoms with E-state index in [4.69, 9.17) is 9.84 Å². The number of aromatic nitrogens is 1. The van der Waals surface area contributed by atoms with Gasteiger partial charge in [-0.15, -0.1) is 0 Å². The molecule has 4 aromatic rings. The molecule has 9 heteroatoms. The fourth-order valence-corrected chi connectivity index (χ4v) is 5.89. The zero-order valence-corrected chi connectivity index (χ0v) is 24.3. The number of benzene rings is 3. The van der Waals surface area contributed by atoms with Gasteiger partial charge in [0.15, 0.2) is 0 Å². The number of carboxylic acids is 1. The van der Waals surface area contributed by atoms with E-state index in [1.54, 1.807) is 42.6 Å². The Morgan fingerprint density at radius 1 is 0.919 bits per heavy atom. The molecule has 0 unspecified atom stereocenters. The van der Waals surface area contributed by atoms with E-state index in [1.165, 1.54) is 0 Å². The van der Waals surface area contributed by atoms with E-state index in [9.17, 15) is 9.59 Å². The van der Waals surface area contributed by atoms with Gasteiger partial charge < -0.3 is 14.4 Å². The van der Waals surface area contributed by atoms with Gasteiger partial charge in [-0.2, -0.15) is 5.10 Å². The third kappa shape index (κ3) is 6.58. The number of ether oxygens (including phenoxy) is 1. The topological polar surface area (TPSA) is 92.9 Å². The molecule has 4 rings (SSSR count). The molecule has 0 saturated carbocycles. The molecule has 2 N–H and O–H groups in total. The number of nitrogens with one attached hydrogen (secondary N) is 1. The number of hydrogen-bond donors (Lipinski definition) is 2. The number of hydrogen-bond acceptors (Lipinski definition) is 4. The molecule has 0 atom stereocenters. The van der Waals surface area contributed by atoms with Crippen LogP contribution in [0.5, 0.6) is 5.75 Å². The molecule has 0 saturated heterocycles. The number of halogens is 2. The van der Waals surface area contributed by atoms with Crippen LogP contribution >= 0.6 is 45.2 Å². The molecule has 1 heterocycles. The summed E-state index contributed by atoms with van der Waals surface area (Å²) in [4.78, 5) is 23.5. The van der Waals surface area contributed by atoms with Gasteiger partial charge in [-0.3, -0.25) is 4.79 Å². The summed E-state index contributed by atoms with van der Waals surface area (Å²) < 4.78 is 9.90. The van der Waals surface area contributed by atoms with Crippen molar-refractivity contribution in [1.29, 1.82) is 0 Å². The van der Waals surface area contributed by atoms with E-state index in [0.717, 1.165) is 41.1 Å². The highest BCUT2D eigenvalue weighted by Gasteiger charge is 2.11. The van der Waals surface area contributed by atoms with Crippen molar-refractivity contribution in [2.24, 2.45) is 5.10 Å². The van der Waals surface area contributed by atoms with E-state index in [0.29, 0.717) is 12.2 Å². The highest BCUT2D eigenvalue weighted by Crippen LogP contribution is 2.29. The average Bonchev–Trinajstić information content (AvgIpc) is 3.21. The molecular weight excluding hydrogens is 696 g/mol. The molecule has 188 valence electrons. The second kappa shape index (κ2) is 11.9. The van der Waals surface area contributed by atoms with Crippen molar-refractivity contribution >= 4 is 63.3 Å². The van der Waals surface area contributed by atoms with E-state index in [2.05, 4.69) is 72.4 Å². The Kier molecular flexibility index (Phi) is 8.64. The van der Waals surface area contributed by atoms with Gasteiger partial charge in [0.05, 0.1) is 18.9 Å². The summed E-state index contributed by atoms with van der Waals surface area (Å²) in [6, 6.07) is 22.0. The molecule has 0 aliphatic heterocycles. The molecule has 37 heavy (non-hydrogen) atoms. The Morgan fingerprint density at radius 2 is 1.49 bits per heavy atom. The van der Waals surface area contributed by atoms with Gasteiger partial charge in [0.2, 0.25) is 0 Å². The minimum atomic E-state index is -0.958. The number of nitrogens with zero attached hydrogens (tertiary/aromatic N) is 2. The number of carbonyl (C=O) groups excluding carboxylic acids is 1. The van der Waals surface area contributed by atoms with Crippen molar-refractivity contribution in [3.05, 3.63) is 114 Å². The maximum Gasteiger partial charge on any atom is 0.335 e. The largest absolute Gasteiger partial charge is 0.487 e. The standard InChI is InChI=1S/C28H23I2N3O4/c1-17-3-4-18(2)33(17)23-11-9-21(10-12-23)27(34)32-31-15-20-13-24(29)26(25(30)14-20)37-16-19-5-7-22(8-6-19)28(35)36/h3-15H,16H2,1-2H3,(H,32,34)(H,35,36)/b31-15-. The minimum absolute atomic E-state index is 0.239. The van der Waals surface area contributed by atoms with Crippen molar-refractivity contribution in [3.8, 4) is 11.4 Å². The summed E-state index contributed by atoms with van der Waals surface area (Å²) in [6.45, 7) is 4.41. The van der Waals surface area contributed by atoms with E-state index in [1.807, 2.05) is 38.1 Å². The van der Waals surface area contributed by atoms with Crippen molar-refractivity contribution in [2.45, 2.75) is 20.5 Å². The summed E-state index contributed by atoms with van der Waals surface area (Å²) in [5, 5.41) is 13.1. The molecule has 1 amide bonds. The van der Waals surface area contributed by atoms with E-state index >= 15 is 0 Å². The van der Waals surface area contributed by atoms with Crippen molar-refractivity contribution in [1.82, 2.24) is 9.99 Å². The second-order valence-electron chi connectivity index (χ2n) is 8.30. The Morgan fingerprint density at radius 3 is 2.05 bits per heavy atom. The number of carbonyl (C=O) groups is 2. The van der Waals surface area contributed by atoms with E-state index in [-0.39, 0.29) is 11.5 Å². The number of carboxylic acid groups (broad SMARTS) is 1. The maximum atomic E-state index is 12.5. The first-order valence-corrected chi connectivity index (χ1v) is 13.4. The quantitative estimate of drug-likeness (QED) is 0.126. The van der Waals surface area contributed by atoms with Gasteiger partial charge in [-0.1, -0.05) is 12.1 Å². The monoisotopic (exact) mass is 719 g/mol. The predicted molar refractivity (Wildman–Crippen MR) is 160 cm³/mol. The molecular formula is C28H23I2N3O4.